The van der Waals surface area contributed by atoms with Gasteiger partial charge in [-0.3, -0.25) is 28.7 Å². The van der Waals surface area contributed by atoms with Crippen molar-refractivity contribution in [2.24, 2.45) is 0 Å². The number of hydrogen-bond acceptors (Lipinski definition) is 7. The van der Waals surface area contributed by atoms with E-state index in [0.29, 0.717) is 25.1 Å². The minimum absolute atomic E-state index is 0.0776. The highest BCUT2D eigenvalue weighted by Gasteiger charge is 2.24. The molecule has 0 aliphatic rings. The number of ether oxygens (including phenoxy) is 1. The van der Waals surface area contributed by atoms with Crippen LogP contribution >= 0.6 is 0 Å². The van der Waals surface area contributed by atoms with E-state index in [9.17, 15) is 24.0 Å². The summed E-state index contributed by atoms with van der Waals surface area (Å²) in [5.74, 6) is -1.68. The average Bonchev–Trinajstić information content (AvgIpc) is 3.35. The lowest BCUT2D eigenvalue weighted by atomic mass is 10.2. The Hall–Kier alpha value is -3.63. The minimum Gasteiger partial charge on any atom is -0.457 e. The largest absolute Gasteiger partial charge is 0.457 e. The zero-order chi connectivity index (χ0) is 25.1. The molecule has 0 aliphatic heterocycles. The average molecular weight is 476 g/mol. The Kier molecular flexibility index (Phi) is 10.3. The molecule has 2 rings (SSSR count). The first-order valence-electron chi connectivity index (χ1n) is 11.5. The lowest BCUT2D eigenvalue weighted by Gasteiger charge is -2.24. The summed E-state index contributed by atoms with van der Waals surface area (Å²) in [6, 6.07) is 3.22. The number of nitrogens with two attached hydrogens (primary N) is 1. The van der Waals surface area contributed by atoms with Crippen LogP contribution in [-0.2, 0) is 20.9 Å². The number of H-pyrrole nitrogens is 2. The van der Waals surface area contributed by atoms with Crippen molar-refractivity contribution in [3.05, 3.63) is 44.9 Å². The molecule has 0 fully saturated rings. The van der Waals surface area contributed by atoms with Gasteiger partial charge in [-0.25, -0.2) is 4.79 Å². The Labute approximate surface area is 197 Å². The Balaban J connectivity index is 2.13. The third kappa shape index (κ3) is 7.19. The first-order chi connectivity index (χ1) is 16.3. The smallest absolute Gasteiger partial charge is 0.330 e. The molecule has 0 saturated carbocycles. The monoisotopic (exact) mass is 475 g/mol. The highest BCUT2D eigenvalue weighted by Crippen LogP contribution is 2.20. The molecule has 0 atom stereocenters. The van der Waals surface area contributed by atoms with Crippen LogP contribution in [0.5, 0.6) is 0 Å². The number of nitrogens with one attached hydrogen (secondary N) is 2. The quantitative estimate of drug-likeness (QED) is 0.214. The molecule has 11 nitrogen and oxygen atoms in total. The Morgan fingerprint density at radius 3 is 2.47 bits per heavy atom. The number of carbonyl (C=O) groups is 3. The van der Waals surface area contributed by atoms with Crippen molar-refractivity contribution < 1.29 is 19.1 Å². The molecule has 0 aliphatic carbocycles. The Morgan fingerprint density at radius 2 is 1.82 bits per heavy atom. The summed E-state index contributed by atoms with van der Waals surface area (Å²) in [6.45, 7) is 4.04. The van der Waals surface area contributed by atoms with Gasteiger partial charge in [0.1, 0.15) is 5.82 Å². The zero-order valence-electron chi connectivity index (χ0n) is 19.7. The van der Waals surface area contributed by atoms with Crippen LogP contribution in [0.25, 0.3) is 0 Å². The van der Waals surface area contributed by atoms with E-state index in [0.717, 1.165) is 19.3 Å². The van der Waals surface area contributed by atoms with E-state index in [1.165, 1.54) is 9.47 Å². The minimum atomic E-state index is -0.751. The maximum absolute atomic E-state index is 13.0. The van der Waals surface area contributed by atoms with Gasteiger partial charge >= 0.3 is 11.7 Å². The van der Waals surface area contributed by atoms with Crippen molar-refractivity contribution in [3.8, 4) is 0 Å². The number of anilines is 2. The standard InChI is InChI=1S/C23H33N5O6/c1-3-5-7-14-27(20-21(24)28(13-6-4-2)23(33)26-22(20)32)18(30)10-11-19(31)34-15-17(29)16-9-8-12-25-16/h8-9,12,25H,3-7,10-11,13-15,24H2,1-2H3,(H,26,32,33). The van der Waals surface area contributed by atoms with Crippen LogP contribution in [0.15, 0.2) is 27.9 Å². The number of esters is 1. The van der Waals surface area contributed by atoms with Crippen LogP contribution in [0.3, 0.4) is 0 Å². The number of hydrogen-bond donors (Lipinski definition) is 3. The van der Waals surface area contributed by atoms with Crippen LogP contribution in [-0.4, -0.2) is 45.3 Å². The first-order valence-corrected chi connectivity index (χ1v) is 11.5. The predicted molar refractivity (Wildman–Crippen MR) is 128 cm³/mol. The van der Waals surface area contributed by atoms with Crippen LogP contribution in [0.2, 0.25) is 0 Å². The molecule has 0 radical (unpaired) electrons. The maximum Gasteiger partial charge on any atom is 0.330 e. The third-order valence-corrected chi connectivity index (χ3v) is 5.31. The summed E-state index contributed by atoms with van der Waals surface area (Å²) in [7, 11) is 0. The highest BCUT2D eigenvalue weighted by molar-refractivity contribution is 5.98. The van der Waals surface area contributed by atoms with Gasteiger partial charge in [-0.15, -0.1) is 0 Å². The molecule has 2 aromatic rings. The number of aromatic nitrogens is 3. The van der Waals surface area contributed by atoms with Crippen molar-refractivity contribution >= 4 is 29.2 Å². The second-order valence-electron chi connectivity index (χ2n) is 7.92. The van der Waals surface area contributed by atoms with Crippen LogP contribution in [0, 0.1) is 0 Å². The number of amides is 1. The molecule has 1 amide bonds. The van der Waals surface area contributed by atoms with Gasteiger partial charge in [-0.1, -0.05) is 33.1 Å². The normalized spacial score (nSPS) is 10.8. The van der Waals surface area contributed by atoms with Crippen molar-refractivity contribution in [1.82, 2.24) is 14.5 Å². The SMILES string of the molecule is CCCCCN(C(=O)CCC(=O)OCC(=O)c1ccc[nH]1)c1c(N)n(CCCC)c(=O)[nH]c1=O. The molecule has 4 N–H and O–H groups in total. The summed E-state index contributed by atoms with van der Waals surface area (Å²) < 4.78 is 6.22. The number of aromatic amines is 2. The number of rotatable bonds is 14. The van der Waals surface area contributed by atoms with Gasteiger partial charge in [0.25, 0.3) is 5.56 Å². The van der Waals surface area contributed by atoms with Crippen molar-refractivity contribution in [3.63, 3.8) is 0 Å². The molecule has 186 valence electrons. The molecule has 0 unspecified atom stereocenters. The fraction of sp³-hybridized carbons (Fsp3) is 0.522. The van der Waals surface area contributed by atoms with Gasteiger partial charge in [0, 0.05) is 25.7 Å². The molecule has 0 saturated heterocycles. The third-order valence-electron chi connectivity index (χ3n) is 5.31. The van der Waals surface area contributed by atoms with E-state index in [4.69, 9.17) is 10.5 Å². The molecule has 34 heavy (non-hydrogen) atoms. The fourth-order valence-corrected chi connectivity index (χ4v) is 3.40. The topological polar surface area (TPSA) is 160 Å². The number of nitrogen functional groups attached to an aromatic ring is 1. The number of nitrogens with zero attached hydrogens (tertiary/aromatic N) is 2. The van der Waals surface area contributed by atoms with Gasteiger partial charge in [0.15, 0.2) is 12.3 Å². The first kappa shape index (κ1) is 26.6. The maximum atomic E-state index is 13.0. The molecule has 2 aromatic heterocycles. The van der Waals surface area contributed by atoms with Crippen LogP contribution < -0.4 is 21.9 Å². The van der Waals surface area contributed by atoms with Gasteiger partial charge in [-0.05, 0) is 25.0 Å². The summed E-state index contributed by atoms with van der Waals surface area (Å²) in [6.07, 6.45) is 4.89. The van der Waals surface area contributed by atoms with E-state index >= 15 is 0 Å². The lowest BCUT2D eigenvalue weighted by Crippen LogP contribution is -2.41. The fourth-order valence-electron chi connectivity index (χ4n) is 3.40. The molecule has 11 heteroatoms. The highest BCUT2D eigenvalue weighted by atomic mass is 16.5. The van der Waals surface area contributed by atoms with E-state index < -0.39 is 29.7 Å². The van der Waals surface area contributed by atoms with Gasteiger partial charge in [0.05, 0.1) is 12.1 Å². The number of carbonyl (C=O) groups excluding carboxylic acids is 3. The Morgan fingerprint density at radius 1 is 1.09 bits per heavy atom. The molecule has 0 bridgehead atoms. The van der Waals surface area contributed by atoms with E-state index in [1.807, 2.05) is 13.8 Å². The van der Waals surface area contributed by atoms with Gasteiger partial charge in [0.2, 0.25) is 11.7 Å². The second kappa shape index (κ2) is 13.2. The zero-order valence-corrected chi connectivity index (χ0v) is 19.7. The summed E-state index contributed by atoms with van der Waals surface area (Å²) >= 11 is 0. The van der Waals surface area contributed by atoms with Crippen molar-refractivity contribution in [2.45, 2.75) is 65.3 Å². The molecule has 0 spiro atoms. The second-order valence-corrected chi connectivity index (χ2v) is 7.92. The van der Waals surface area contributed by atoms with E-state index in [1.54, 1.807) is 18.3 Å². The number of Topliss-reactive ketones (excluding diaryl/α,β-unsaturated/α-hetero) is 1. The van der Waals surface area contributed by atoms with Gasteiger partial charge < -0.3 is 20.4 Å². The van der Waals surface area contributed by atoms with Crippen molar-refractivity contribution in [2.75, 3.05) is 23.8 Å². The molecular formula is C23H33N5O6. The van der Waals surface area contributed by atoms with Crippen molar-refractivity contribution in [1.29, 1.82) is 0 Å². The summed E-state index contributed by atoms with van der Waals surface area (Å²) in [4.78, 5) is 68.1. The molecular weight excluding hydrogens is 442 g/mol. The number of unbranched alkanes of at least 4 members (excludes halogenated alkanes) is 3. The van der Waals surface area contributed by atoms with Crippen LogP contribution in [0.4, 0.5) is 11.5 Å². The Bertz CT molecular complexity index is 1090. The number of ketones is 1. The van der Waals surface area contributed by atoms with E-state index in [2.05, 4.69) is 9.97 Å². The van der Waals surface area contributed by atoms with Gasteiger partial charge in [-0.2, -0.15) is 0 Å². The molecule has 0 aromatic carbocycles. The lowest BCUT2D eigenvalue weighted by molar-refractivity contribution is -0.143. The molecule has 2 heterocycles. The summed E-state index contributed by atoms with van der Waals surface area (Å²) in [5, 5.41) is 0. The summed E-state index contributed by atoms with van der Waals surface area (Å²) in [5.41, 5.74) is 5.02. The predicted octanol–water partition coefficient (Wildman–Crippen LogP) is 1.98. The van der Waals surface area contributed by atoms with Crippen LogP contribution in [0.1, 0.15) is 69.3 Å². The van der Waals surface area contributed by atoms with E-state index in [-0.39, 0.29) is 36.7 Å².